The highest BCUT2D eigenvalue weighted by Crippen LogP contribution is 2.42. The summed E-state index contributed by atoms with van der Waals surface area (Å²) in [6, 6.07) is 8.19. The van der Waals surface area contributed by atoms with Crippen molar-refractivity contribution in [1.82, 2.24) is 5.32 Å². The molecule has 1 aliphatic rings. The Morgan fingerprint density at radius 1 is 1.28 bits per heavy atom. The fourth-order valence-electron chi connectivity index (χ4n) is 2.85. The Bertz CT molecular complexity index is 364. The van der Waals surface area contributed by atoms with E-state index in [1.807, 2.05) is 12.1 Å². The SMILES string of the molecule is CCC1(CNCCCc2ccccc2N)CCC1. The second-order valence-electron chi connectivity index (χ2n) is 5.69. The van der Waals surface area contributed by atoms with Crippen molar-refractivity contribution < 1.29 is 0 Å². The molecule has 0 aromatic heterocycles. The highest BCUT2D eigenvalue weighted by molar-refractivity contribution is 5.46. The third-order valence-corrected chi connectivity index (χ3v) is 4.52. The second kappa shape index (κ2) is 6.24. The van der Waals surface area contributed by atoms with Gasteiger partial charge >= 0.3 is 0 Å². The average molecular weight is 246 g/mol. The molecule has 0 atom stereocenters. The number of nitrogens with two attached hydrogens (primary N) is 1. The molecule has 18 heavy (non-hydrogen) atoms. The van der Waals surface area contributed by atoms with Crippen LogP contribution in [0.3, 0.4) is 0 Å². The van der Waals surface area contributed by atoms with E-state index in [0.717, 1.165) is 18.7 Å². The van der Waals surface area contributed by atoms with Crippen LogP contribution in [0.1, 0.15) is 44.6 Å². The molecular formula is C16H26N2. The third-order valence-electron chi connectivity index (χ3n) is 4.52. The predicted molar refractivity (Wildman–Crippen MR) is 78.6 cm³/mol. The van der Waals surface area contributed by atoms with Crippen LogP contribution in [0.5, 0.6) is 0 Å². The third kappa shape index (κ3) is 3.26. The number of anilines is 1. The fourth-order valence-corrected chi connectivity index (χ4v) is 2.85. The summed E-state index contributed by atoms with van der Waals surface area (Å²) in [7, 11) is 0. The van der Waals surface area contributed by atoms with Crippen molar-refractivity contribution in [1.29, 1.82) is 0 Å². The number of para-hydroxylation sites is 1. The van der Waals surface area contributed by atoms with Crippen molar-refractivity contribution >= 4 is 5.69 Å². The first-order valence-corrected chi connectivity index (χ1v) is 7.30. The monoisotopic (exact) mass is 246 g/mol. The molecule has 1 aromatic carbocycles. The first-order chi connectivity index (χ1) is 8.76. The zero-order valence-corrected chi connectivity index (χ0v) is 11.5. The molecule has 2 rings (SSSR count). The summed E-state index contributed by atoms with van der Waals surface area (Å²) in [5.41, 5.74) is 8.78. The van der Waals surface area contributed by atoms with Crippen molar-refractivity contribution in [3.63, 3.8) is 0 Å². The van der Waals surface area contributed by atoms with Gasteiger partial charge in [-0.1, -0.05) is 31.5 Å². The van der Waals surface area contributed by atoms with Gasteiger partial charge in [-0.2, -0.15) is 0 Å². The first-order valence-electron chi connectivity index (χ1n) is 7.30. The topological polar surface area (TPSA) is 38.0 Å². The summed E-state index contributed by atoms with van der Waals surface area (Å²) in [5, 5.41) is 3.63. The molecule has 0 bridgehead atoms. The summed E-state index contributed by atoms with van der Waals surface area (Å²) in [6.07, 6.45) is 7.85. The van der Waals surface area contributed by atoms with Crippen molar-refractivity contribution in [3.05, 3.63) is 29.8 Å². The van der Waals surface area contributed by atoms with Gasteiger partial charge in [0.2, 0.25) is 0 Å². The standard InChI is InChI=1S/C16H26N2/c1-2-16(10-6-11-16)13-18-12-5-8-14-7-3-4-9-15(14)17/h3-4,7,9,18H,2,5-6,8,10-13,17H2,1H3. The lowest BCUT2D eigenvalue weighted by molar-refractivity contribution is 0.124. The zero-order chi connectivity index (χ0) is 12.8. The van der Waals surface area contributed by atoms with Crippen LogP contribution in [0.2, 0.25) is 0 Å². The van der Waals surface area contributed by atoms with Gasteiger partial charge in [-0.3, -0.25) is 0 Å². The maximum atomic E-state index is 5.94. The molecule has 100 valence electrons. The number of rotatable bonds is 7. The molecule has 0 aliphatic heterocycles. The Labute approximate surface area is 111 Å². The number of aryl methyl sites for hydroxylation is 1. The van der Waals surface area contributed by atoms with Crippen molar-refractivity contribution in [3.8, 4) is 0 Å². The highest BCUT2D eigenvalue weighted by Gasteiger charge is 2.34. The molecule has 0 saturated heterocycles. The van der Waals surface area contributed by atoms with E-state index >= 15 is 0 Å². The van der Waals surface area contributed by atoms with Crippen molar-refractivity contribution in [2.45, 2.75) is 45.4 Å². The fraction of sp³-hybridized carbons (Fsp3) is 0.625. The molecule has 0 amide bonds. The minimum Gasteiger partial charge on any atom is -0.399 e. The Balaban J connectivity index is 1.63. The molecular weight excluding hydrogens is 220 g/mol. The minimum absolute atomic E-state index is 0.631. The van der Waals surface area contributed by atoms with Crippen LogP contribution < -0.4 is 11.1 Å². The van der Waals surface area contributed by atoms with E-state index < -0.39 is 0 Å². The van der Waals surface area contributed by atoms with Crippen molar-refractivity contribution in [2.24, 2.45) is 5.41 Å². The summed E-state index contributed by atoms with van der Waals surface area (Å²) in [4.78, 5) is 0. The molecule has 0 spiro atoms. The van der Waals surface area contributed by atoms with Gasteiger partial charge in [0.05, 0.1) is 0 Å². The largest absolute Gasteiger partial charge is 0.399 e. The minimum atomic E-state index is 0.631. The van der Waals surface area contributed by atoms with Crippen LogP contribution in [-0.2, 0) is 6.42 Å². The predicted octanol–water partition coefficient (Wildman–Crippen LogP) is 3.37. The van der Waals surface area contributed by atoms with Gasteiger partial charge in [-0.05, 0) is 55.7 Å². The van der Waals surface area contributed by atoms with Crippen LogP contribution >= 0.6 is 0 Å². The smallest absolute Gasteiger partial charge is 0.0346 e. The molecule has 0 unspecified atom stereocenters. The van der Waals surface area contributed by atoms with Crippen LogP contribution in [0.4, 0.5) is 5.69 Å². The summed E-state index contributed by atoms with van der Waals surface area (Å²) in [6.45, 7) is 4.63. The number of benzene rings is 1. The second-order valence-corrected chi connectivity index (χ2v) is 5.69. The lowest BCUT2D eigenvalue weighted by atomic mass is 9.67. The van der Waals surface area contributed by atoms with Crippen LogP contribution in [-0.4, -0.2) is 13.1 Å². The average Bonchev–Trinajstić information content (AvgIpc) is 2.34. The molecule has 0 radical (unpaired) electrons. The maximum Gasteiger partial charge on any atom is 0.0346 e. The zero-order valence-electron chi connectivity index (χ0n) is 11.5. The Morgan fingerprint density at radius 3 is 2.67 bits per heavy atom. The van der Waals surface area contributed by atoms with Gasteiger partial charge in [0.1, 0.15) is 0 Å². The van der Waals surface area contributed by atoms with Gasteiger partial charge < -0.3 is 11.1 Å². The first kappa shape index (κ1) is 13.4. The van der Waals surface area contributed by atoms with E-state index in [-0.39, 0.29) is 0 Å². The van der Waals surface area contributed by atoms with E-state index in [4.69, 9.17) is 5.73 Å². The van der Waals surface area contributed by atoms with Crippen LogP contribution in [0, 0.1) is 5.41 Å². The van der Waals surface area contributed by atoms with E-state index in [2.05, 4.69) is 24.4 Å². The Hall–Kier alpha value is -1.02. The molecule has 2 heteroatoms. The molecule has 1 aliphatic carbocycles. The highest BCUT2D eigenvalue weighted by atomic mass is 14.9. The van der Waals surface area contributed by atoms with Gasteiger partial charge in [0, 0.05) is 12.2 Å². The molecule has 1 fully saturated rings. The van der Waals surface area contributed by atoms with Gasteiger partial charge in [0.25, 0.3) is 0 Å². The molecule has 1 saturated carbocycles. The lowest BCUT2D eigenvalue weighted by Gasteiger charge is -2.41. The normalized spacial score (nSPS) is 17.4. The maximum absolute atomic E-state index is 5.94. The Kier molecular flexibility index (Phi) is 4.65. The molecule has 2 nitrogen and oxygen atoms in total. The number of hydrogen-bond acceptors (Lipinski definition) is 2. The van der Waals surface area contributed by atoms with E-state index in [0.29, 0.717) is 5.41 Å². The molecule has 3 N–H and O–H groups in total. The van der Waals surface area contributed by atoms with E-state index in [1.165, 1.54) is 44.2 Å². The van der Waals surface area contributed by atoms with E-state index in [1.54, 1.807) is 0 Å². The van der Waals surface area contributed by atoms with E-state index in [9.17, 15) is 0 Å². The summed E-state index contributed by atoms with van der Waals surface area (Å²) >= 11 is 0. The van der Waals surface area contributed by atoms with Crippen molar-refractivity contribution in [2.75, 3.05) is 18.8 Å². The summed E-state index contributed by atoms with van der Waals surface area (Å²) < 4.78 is 0. The lowest BCUT2D eigenvalue weighted by Crippen LogP contribution is -2.39. The molecule has 0 heterocycles. The number of hydrogen-bond donors (Lipinski definition) is 2. The van der Waals surface area contributed by atoms with Gasteiger partial charge in [-0.15, -0.1) is 0 Å². The van der Waals surface area contributed by atoms with Gasteiger partial charge in [0.15, 0.2) is 0 Å². The number of nitrogens with one attached hydrogen (secondary N) is 1. The summed E-state index contributed by atoms with van der Waals surface area (Å²) in [5.74, 6) is 0. The van der Waals surface area contributed by atoms with Crippen LogP contribution in [0.25, 0.3) is 0 Å². The van der Waals surface area contributed by atoms with Crippen LogP contribution in [0.15, 0.2) is 24.3 Å². The number of nitrogen functional groups attached to an aromatic ring is 1. The van der Waals surface area contributed by atoms with Gasteiger partial charge in [-0.25, -0.2) is 0 Å². The molecule has 1 aromatic rings. The Morgan fingerprint density at radius 2 is 2.06 bits per heavy atom. The quantitative estimate of drug-likeness (QED) is 0.572.